The molecule has 106 valence electrons. The zero-order valence-corrected chi connectivity index (χ0v) is 12.0. The van der Waals surface area contributed by atoms with E-state index in [-0.39, 0.29) is 11.9 Å². The maximum Gasteiger partial charge on any atom is 0.346 e. The van der Waals surface area contributed by atoms with Crippen LogP contribution in [-0.2, 0) is 14.1 Å². The number of aromatic nitrogens is 3. The van der Waals surface area contributed by atoms with Crippen LogP contribution < -0.4 is 16.6 Å². The van der Waals surface area contributed by atoms with E-state index in [1.807, 2.05) is 38.1 Å². The Bertz CT molecular complexity index is 746. The summed E-state index contributed by atoms with van der Waals surface area (Å²) in [5, 5.41) is 7.06. The van der Waals surface area contributed by atoms with Crippen LogP contribution in [0.3, 0.4) is 0 Å². The molecule has 0 aliphatic carbocycles. The molecule has 1 heterocycles. The van der Waals surface area contributed by atoms with Crippen LogP contribution in [0.15, 0.2) is 33.9 Å². The van der Waals surface area contributed by atoms with Gasteiger partial charge >= 0.3 is 5.69 Å². The van der Waals surface area contributed by atoms with Crippen LogP contribution in [0.1, 0.15) is 24.1 Å². The summed E-state index contributed by atoms with van der Waals surface area (Å²) in [5.74, 6) is 0.172. The molecule has 2 aromatic rings. The minimum absolute atomic E-state index is 0.0751. The van der Waals surface area contributed by atoms with Gasteiger partial charge in [-0.1, -0.05) is 24.3 Å². The Kier molecular flexibility index (Phi) is 3.74. The molecule has 0 saturated carbocycles. The molecule has 0 bridgehead atoms. The molecule has 1 unspecified atom stereocenters. The third-order valence-electron chi connectivity index (χ3n) is 3.33. The summed E-state index contributed by atoms with van der Waals surface area (Å²) in [6, 6.07) is 7.86. The maximum absolute atomic E-state index is 12.0. The number of nitrogens with one attached hydrogen (secondary N) is 1. The summed E-state index contributed by atoms with van der Waals surface area (Å²) >= 11 is 0. The highest BCUT2D eigenvalue weighted by Crippen LogP contribution is 2.19. The van der Waals surface area contributed by atoms with Crippen molar-refractivity contribution < 1.29 is 0 Å². The number of aryl methyl sites for hydroxylation is 2. The van der Waals surface area contributed by atoms with E-state index in [0.29, 0.717) is 0 Å². The molecule has 0 spiro atoms. The summed E-state index contributed by atoms with van der Waals surface area (Å²) < 4.78 is 2.19. The van der Waals surface area contributed by atoms with Gasteiger partial charge in [-0.25, -0.2) is 9.48 Å². The lowest BCUT2D eigenvalue weighted by Crippen LogP contribution is -2.40. The fourth-order valence-electron chi connectivity index (χ4n) is 2.14. The van der Waals surface area contributed by atoms with Gasteiger partial charge in [0.05, 0.1) is 6.04 Å². The van der Waals surface area contributed by atoms with Crippen molar-refractivity contribution in [3.8, 4) is 0 Å². The number of benzene rings is 1. The van der Waals surface area contributed by atoms with E-state index < -0.39 is 11.2 Å². The van der Waals surface area contributed by atoms with Gasteiger partial charge in [-0.3, -0.25) is 9.36 Å². The van der Waals surface area contributed by atoms with Gasteiger partial charge in [0.15, 0.2) is 0 Å². The van der Waals surface area contributed by atoms with E-state index in [2.05, 4.69) is 10.4 Å². The predicted molar refractivity (Wildman–Crippen MR) is 77.9 cm³/mol. The first kappa shape index (κ1) is 14.0. The second kappa shape index (κ2) is 5.32. The highest BCUT2D eigenvalue weighted by Gasteiger charge is 2.13. The molecule has 0 aliphatic heterocycles. The quantitative estimate of drug-likeness (QED) is 0.905. The molecular formula is C14H18N4O2. The Balaban J connectivity index is 2.39. The first-order valence-corrected chi connectivity index (χ1v) is 6.38. The first-order chi connectivity index (χ1) is 9.41. The maximum atomic E-state index is 12.0. The number of hydrogen-bond donors (Lipinski definition) is 1. The van der Waals surface area contributed by atoms with Crippen molar-refractivity contribution in [3.05, 3.63) is 56.2 Å². The van der Waals surface area contributed by atoms with Crippen LogP contribution in [0.2, 0.25) is 0 Å². The largest absolute Gasteiger partial charge is 0.358 e. The Morgan fingerprint density at radius 1 is 1.20 bits per heavy atom. The molecule has 6 nitrogen and oxygen atoms in total. The molecule has 0 saturated heterocycles. The minimum Gasteiger partial charge on any atom is -0.358 e. The molecule has 1 aromatic heterocycles. The van der Waals surface area contributed by atoms with E-state index in [9.17, 15) is 9.59 Å². The van der Waals surface area contributed by atoms with Gasteiger partial charge in [0.25, 0.3) is 5.56 Å². The van der Waals surface area contributed by atoms with Gasteiger partial charge in [0, 0.05) is 14.1 Å². The number of nitrogens with zero attached hydrogens (tertiary/aromatic N) is 3. The molecular weight excluding hydrogens is 256 g/mol. The van der Waals surface area contributed by atoms with Crippen molar-refractivity contribution in [1.82, 2.24) is 14.3 Å². The normalized spacial score (nSPS) is 12.2. The van der Waals surface area contributed by atoms with Crippen LogP contribution in [0.5, 0.6) is 0 Å². The van der Waals surface area contributed by atoms with Gasteiger partial charge in [-0.15, -0.1) is 5.10 Å². The van der Waals surface area contributed by atoms with Gasteiger partial charge < -0.3 is 5.32 Å². The molecule has 6 heteroatoms. The van der Waals surface area contributed by atoms with Crippen LogP contribution >= 0.6 is 0 Å². The second-order valence-corrected chi connectivity index (χ2v) is 4.84. The Morgan fingerprint density at radius 3 is 2.50 bits per heavy atom. The van der Waals surface area contributed by atoms with E-state index in [0.717, 1.165) is 20.4 Å². The van der Waals surface area contributed by atoms with Gasteiger partial charge in [0.2, 0.25) is 5.82 Å². The van der Waals surface area contributed by atoms with E-state index in [1.165, 1.54) is 14.1 Å². The van der Waals surface area contributed by atoms with Crippen LogP contribution in [0.4, 0.5) is 5.82 Å². The lowest BCUT2D eigenvalue weighted by atomic mass is 10.0. The number of anilines is 1. The summed E-state index contributed by atoms with van der Waals surface area (Å²) in [6.07, 6.45) is 0. The van der Waals surface area contributed by atoms with Gasteiger partial charge in [-0.05, 0) is 25.0 Å². The zero-order valence-electron chi connectivity index (χ0n) is 12.0. The summed E-state index contributed by atoms with van der Waals surface area (Å²) in [5.41, 5.74) is 1.36. The SMILES string of the molecule is Cc1ccccc1C(C)Nc1nn(C)c(=O)n(C)c1=O. The predicted octanol–water partition coefficient (Wildman–Crippen LogP) is 0.961. The van der Waals surface area contributed by atoms with E-state index >= 15 is 0 Å². The average molecular weight is 274 g/mol. The smallest absolute Gasteiger partial charge is 0.346 e. The fourth-order valence-corrected chi connectivity index (χ4v) is 2.14. The first-order valence-electron chi connectivity index (χ1n) is 6.38. The Hall–Kier alpha value is -2.37. The Morgan fingerprint density at radius 2 is 1.85 bits per heavy atom. The molecule has 0 radical (unpaired) electrons. The molecule has 1 atom stereocenters. The van der Waals surface area contributed by atoms with Crippen molar-refractivity contribution >= 4 is 5.82 Å². The van der Waals surface area contributed by atoms with Gasteiger partial charge in [0.1, 0.15) is 0 Å². The van der Waals surface area contributed by atoms with Crippen LogP contribution in [0.25, 0.3) is 0 Å². The monoisotopic (exact) mass is 274 g/mol. The fraction of sp³-hybridized carbons (Fsp3) is 0.357. The second-order valence-electron chi connectivity index (χ2n) is 4.84. The molecule has 1 N–H and O–H groups in total. The molecule has 0 aliphatic rings. The lowest BCUT2D eigenvalue weighted by Gasteiger charge is -2.17. The van der Waals surface area contributed by atoms with Gasteiger partial charge in [-0.2, -0.15) is 0 Å². The molecule has 0 amide bonds. The zero-order chi connectivity index (χ0) is 14.9. The van der Waals surface area contributed by atoms with Crippen molar-refractivity contribution in [1.29, 1.82) is 0 Å². The topological polar surface area (TPSA) is 68.9 Å². The molecule has 2 rings (SSSR count). The third kappa shape index (κ3) is 2.49. The molecule has 20 heavy (non-hydrogen) atoms. The minimum atomic E-state index is -0.441. The number of rotatable bonds is 3. The highest BCUT2D eigenvalue weighted by atomic mass is 16.2. The van der Waals surface area contributed by atoms with Crippen molar-refractivity contribution in [2.45, 2.75) is 19.9 Å². The Labute approximate surface area is 116 Å². The summed E-state index contributed by atoms with van der Waals surface area (Å²) in [6.45, 7) is 3.97. The van der Waals surface area contributed by atoms with Crippen LogP contribution in [0, 0.1) is 6.92 Å². The third-order valence-corrected chi connectivity index (χ3v) is 3.33. The van der Waals surface area contributed by atoms with Crippen molar-refractivity contribution in [2.24, 2.45) is 14.1 Å². The van der Waals surface area contributed by atoms with E-state index in [1.54, 1.807) is 0 Å². The van der Waals surface area contributed by atoms with Crippen LogP contribution in [-0.4, -0.2) is 14.3 Å². The standard InChI is InChI=1S/C14H18N4O2/c1-9-7-5-6-8-11(9)10(2)15-12-13(19)17(3)14(20)18(4)16-12/h5-8,10H,1-4H3,(H,15,16). The van der Waals surface area contributed by atoms with Crippen molar-refractivity contribution in [2.75, 3.05) is 5.32 Å². The lowest BCUT2D eigenvalue weighted by molar-refractivity contribution is 0.601. The average Bonchev–Trinajstić information content (AvgIpc) is 2.42. The number of hydrogen-bond acceptors (Lipinski definition) is 4. The van der Waals surface area contributed by atoms with E-state index in [4.69, 9.17) is 0 Å². The molecule has 0 fully saturated rings. The summed E-state index contributed by atoms with van der Waals surface area (Å²) in [7, 11) is 2.96. The summed E-state index contributed by atoms with van der Waals surface area (Å²) in [4.78, 5) is 23.6. The highest BCUT2D eigenvalue weighted by molar-refractivity contribution is 5.37. The molecule has 1 aromatic carbocycles. The van der Waals surface area contributed by atoms with Crippen molar-refractivity contribution in [3.63, 3.8) is 0 Å².